The Morgan fingerprint density at radius 2 is 1.72 bits per heavy atom. The number of halogens is 3. The monoisotopic (exact) mass is 1120 g/mol. The van der Waals surface area contributed by atoms with Crippen LogP contribution >= 0.6 is 11.3 Å². The largest absolute Gasteiger partial charge is 0.464 e. The Labute approximate surface area is 465 Å². The van der Waals surface area contributed by atoms with Crippen molar-refractivity contribution >= 4 is 51.8 Å². The molecule has 79 heavy (non-hydrogen) atoms. The van der Waals surface area contributed by atoms with Crippen LogP contribution in [0.5, 0.6) is 0 Å². The van der Waals surface area contributed by atoms with E-state index in [1.807, 2.05) is 79.1 Å². The van der Waals surface area contributed by atoms with E-state index in [9.17, 15) is 19.2 Å². The third-order valence-corrected chi connectivity index (χ3v) is 17.7. The van der Waals surface area contributed by atoms with Crippen LogP contribution in [-0.2, 0) is 48.0 Å². The Bertz CT molecular complexity index is 2930. The highest BCUT2D eigenvalue weighted by molar-refractivity contribution is 7.10. The predicted molar refractivity (Wildman–Crippen MR) is 296 cm³/mol. The summed E-state index contributed by atoms with van der Waals surface area (Å²) in [5.74, 6) is -1.42. The normalized spacial score (nSPS) is 24.5. The van der Waals surface area contributed by atoms with Crippen LogP contribution in [0.4, 0.5) is 23.7 Å². The minimum Gasteiger partial charge on any atom is -0.464 e. The number of methoxy groups -OCH3 is 1. The van der Waals surface area contributed by atoms with Crippen LogP contribution in [0.25, 0.3) is 33.4 Å². The molecule has 3 amide bonds. The summed E-state index contributed by atoms with van der Waals surface area (Å²) in [7, 11) is 1.57. The highest BCUT2D eigenvalue weighted by Crippen LogP contribution is 2.45. The first-order valence-electron chi connectivity index (χ1n) is 28.3. The molecule has 6 bridgehead atoms. The number of benzene rings is 1. The number of aromatic nitrogens is 3. The number of pyridine rings is 1. The van der Waals surface area contributed by atoms with Crippen molar-refractivity contribution in [3.8, 4) is 22.5 Å². The van der Waals surface area contributed by atoms with Gasteiger partial charge in [0, 0.05) is 110 Å². The fraction of sp³-hybridized carbons (Fsp3) is 0.655. The molecule has 5 atom stereocenters. The lowest BCUT2D eigenvalue weighted by Crippen LogP contribution is -2.62. The number of rotatable bonds is 10. The van der Waals surface area contributed by atoms with Crippen molar-refractivity contribution in [3.05, 3.63) is 52.1 Å². The van der Waals surface area contributed by atoms with E-state index in [1.165, 1.54) is 33.8 Å². The van der Waals surface area contributed by atoms with Crippen LogP contribution in [0, 0.1) is 16.7 Å². The van der Waals surface area contributed by atoms with Crippen LogP contribution in [-0.4, -0.2) is 167 Å². The van der Waals surface area contributed by atoms with Gasteiger partial charge in [-0.2, -0.15) is 13.2 Å². The number of amides is 3. The maximum Gasteiger partial charge on any atom is 0.410 e. The molecule has 1 saturated carbocycles. The minimum atomic E-state index is -4.60. The molecule has 21 heteroatoms. The van der Waals surface area contributed by atoms with Gasteiger partial charge in [-0.1, -0.05) is 33.8 Å². The van der Waals surface area contributed by atoms with Crippen LogP contribution in [0.2, 0.25) is 0 Å². The first-order valence-corrected chi connectivity index (χ1v) is 29.2. The lowest BCUT2D eigenvalue weighted by molar-refractivity contribution is -0.155. The van der Waals surface area contributed by atoms with E-state index >= 15 is 13.2 Å². The third kappa shape index (κ3) is 12.6. The number of piperazine rings is 1. The standard InChI is InChI=1S/C58H79F3N10O7S/c1-35(2)49(68-19-16-57(31-68)17-20-69(32-57)54(75)78-55(4,5)6)51(72)64-44-27-47-63-45(30-79-47)37-12-15-46-40(25-37)42(28-56(7,8)34-77-53(74)43-11-10-18-71(65-43)52(44)73)50(70(46)33-58(59,60)61)41-26-39(29-62-48(41)36(3)76-9)67-23-21-66(22-24-67)38-13-14-38/h12,15,25-26,29-30,35-36,38,43-44,49,65H,10-11,13-14,16-24,27-28,31-34H2,1-9H3,(H,64,72)/t36-,43-,44-,49-,57-/m0/s1. The van der Waals surface area contributed by atoms with Gasteiger partial charge in [0.1, 0.15) is 24.2 Å². The number of alkyl halides is 3. The highest BCUT2D eigenvalue weighted by atomic mass is 32.1. The van der Waals surface area contributed by atoms with Crippen molar-refractivity contribution in [2.45, 2.75) is 155 Å². The molecule has 0 radical (unpaired) electrons. The molecule has 8 heterocycles. The number of nitrogens with one attached hydrogen (secondary N) is 2. The van der Waals surface area contributed by atoms with Gasteiger partial charge in [0.05, 0.1) is 52.7 Å². The summed E-state index contributed by atoms with van der Waals surface area (Å²) in [6.07, 6.45) is 1.45. The van der Waals surface area contributed by atoms with Crippen LogP contribution in [0.3, 0.4) is 0 Å². The number of hydrogen-bond acceptors (Lipinski definition) is 14. The third-order valence-electron chi connectivity index (χ3n) is 16.8. The van der Waals surface area contributed by atoms with Crippen molar-refractivity contribution in [1.29, 1.82) is 0 Å². The fourth-order valence-electron chi connectivity index (χ4n) is 12.7. The minimum absolute atomic E-state index is 0.0371. The number of carbonyl (C=O) groups is 4. The molecule has 430 valence electrons. The topological polar surface area (TPSA) is 167 Å². The molecule has 1 spiro atoms. The fourth-order valence-corrected chi connectivity index (χ4v) is 13.5. The Morgan fingerprint density at radius 1 is 0.975 bits per heavy atom. The second-order valence-corrected chi connectivity index (χ2v) is 26.2. The molecule has 1 aromatic carbocycles. The molecular weight excluding hydrogens is 1040 g/mol. The van der Waals surface area contributed by atoms with Gasteiger partial charge >= 0.3 is 18.2 Å². The predicted octanol–water partition coefficient (Wildman–Crippen LogP) is 8.39. The quantitative estimate of drug-likeness (QED) is 0.146. The Kier molecular flexibility index (Phi) is 16.0. The molecule has 6 aliphatic rings. The Morgan fingerprint density at radius 3 is 2.42 bits per heavy atom. The van der Waals surface area contributed by atoms with Gasteiger partial charge in [0.2, 0.25) is 5.91 Å². The van der Waals surface area contributed by atoms with Gasteiger partial charge in [-0.25, -0.2) is 15.2 Å². The summed E-state index contributed by atoms with van der Waals surface area (Å²) in [6.45, 7) is 19.9. The molecule has 2 N–H and O–H groups in total. The number of carbonyl (C=O) groups excluding carboxylic acids is 4. The van der Waals surface area contributed by atoms with Gasteiger partial charge < -0.3 is 33.9 Å². The lowest BCUT2D eigenvalue weighted by Gasteiger charge is -2.37. The van der Waals surface area contributed by atoms with E-state index in [0.29, 0.717) is 94.7 Å². The van der Waals surface area contributed by atoms with Crippen molar-refractivity contribution in [1.82, 2.24) is 45.0 Å². The van der Waals surface area contributed by atoms with Crippen molar-refractivity contribution < 1.29 is 46.6 Å². The lowest BCUT2D eigenvalue weighted by atomic mass is 9.84. The molecule has 1 aliphatic carbocycles. The number of esters is 1. The van der Waals surface area contributed by atoms with Gasteiger partial charge in [-0.05, 0) is 109 Å². The Balaban J connectivity index is 1.01. The summed E-state index contributed by atoms with van der Waals surface area (Å²) in [4.78, 5) is 75.7. The van der Waals surface area contributed by atoms with E-state index in [-0.39, 0.29) is 49.3 Å². The number of ether oxygens (including phenoxy) is 3. The number of nitrogens with zero attached hydrogens (tertiary/aromatic N) is 8. The van der Waals surface area contributed by atoms with E-state index in [2.05, 4.69) is 25.4 Å². The van der Waals surface area contributed by atoms with Crippen LogP contribution in [0.1, 0.15) is 116 Å². The zero-order valence-corrected chi connectivity index (χ0v) is 48.2. The van der Waals surface area contributed by atoms with Crippen molar-refractivity contribution in [3.63, 3.8) is 0 Å². The number of hydrogen-bond donors (Lipinski definition) is 2. The van der Waals surface area contributed by atoms with Gasteiger partial charge in [0.25, 0.3) is 5.91 Å². The number of likely N-dealkylation sites (tertiary alicyclic amines) is 2. The summed E-state index contributed by atoms with van der Waals surface area (Å²) in [5, 5.41) is 7.61. The van der Waals surface area contributed by atoms with Crippen LogP contribution in [0.15, 0.2) is 35.8 Å². The molecular formula is C58H79F3N10O7S. The molecule has 10 rings (SSSR count). The molecule has 5 aliphatic heterocycles. The second kappa shape index (κ2) is 22.2. The molecule has 17 nitrogen and oxygen atoms in total. The van der Waals surface area contributed by atoms with Crippen LogP contribution < -0.4 is 15.6 Å². The SMILES string of the molecule is CO[C@@H](C)c1ncc(N2CCN(C3CC3)CC2)cc1-c1c2c3cc(ccc3n1CC(F)(F)F)-c1csc(n1)C[C@H](NC(=O)[C@H](C(C)C)N1CC[C@]3(CCN(C(=O)OC(C)(C)C)C3)C1)C(=O)N1CCC[C@H](N1)C(=O)OCC(C)(C)C2. The van der Waals surface area contributed by atoms with E-state index in [4.69, 9.17) is 24.2 Å². The summed E-state index contributed by atoms with van der Waals surface area (Å²) in [5.41, 5.74) is 6.02. The average molecular weight is 1120 g/mol. The van der Waals surface area contributed by atoms with Crippen molar-refractivity contribution in [2.75, 3.05) is 77.5 Å². The molecule has 4 aromatic rings. The number of fused-ring (bicyclic) bond motifs is 6. The van der Waals surface area contributed by atoms with Gasteiger partial charge in [0.15, 0.2) is 0 Å². The number of hydrazine groups is 1. The summed E-state index contributed by atoms with van der Waals surface area (Å²) < 4.78 is 64.5. The van der Waals surface area contributed by atoms with Gasteiger partial charge in [-0.15, -0.1) is 11.3 Å². The smallest absolute Gasteiger partial charge is 0.410 e. The Hall–Kier alpha value is -5.35. The number of thiazole rings is 1. The summed E-state index contributed by atoms with van der Waals surface area (Å²) >= 11 is 1.33. The zero-order valence-electron chi connectivity index (χ0n) is 47.3. The average Bonchev–Trinajstić information content (AvgIpc) is 3.86. The van der Waals surface area contributed by atoms with E-state index in [1.54, 1.807) is 24.1 Å². The number of cyclic esters (lactones) is 1. The first kappa shape index (κ1) is 56.9. The van der Waals surface area contributed by atoms with E-state index < -0.39 is 59.8 Å². The summed E-state index contributed by atoms with van der Waals surface area (Å²) in [6, 6.07) is 5.47. The van der Waals surface area contributed by atoms with Crippen molar-refractivity contribution in [2.24, 2.45) is 16.7 Å². The molecule has 5 fully saturated rings. The second-order valence-electron chi connectivity index (χ2n) is 25.2. The molecule has 3 aromatic heterocycles. The zero-order chi connectivity index (χ0) is 56.3. The first-order chi connectivity index (χ1) is 37.4. The number of anilines is 1. The van der Waals surface area contributed by atoms with E-state index in [0.717, 1.165) is 44.7 Å². The van der Waals surface area contributed by atoms with Gasteiger partial charge in [-0.3, -0.25) is 34.2 Å². The highest BCUT2D eigenvalue weighted by Gasteiger charge is 2.49. The molecule has 0 unspecified atom stereocenters. The molecule has 4 saturated heterocycles. The maximum atomic E-state index is 15.1. The maximum absolute atomic E-state index is 15.1.